The molecule has 1 N–H and O–H groups in total. The normalized spacial score (nSPS) is 14.1. The third-order valence-electron chi connectivity index (χ3n) is 5.05. The number of pyridine rings is 1. The number of hydrogen-bond acceptors (Lipinski definition) is 6. The Bertz CT molecular complexity index is 961. The lowest BCUT2D eigenvalue weighted by atomic mass is 10.0. The van der Waals surface area contributed by atoms with Gasteiger partial charge in [0.15, 0.2) is 5.76 Å². The van der Waals surface area contributed by atoms with Crippen LogP contribution < -0.4 is 5.32 Å². The van der Waals surface area contributed by atoms with Crippen molar-refractivity contribution in [3.05, 3.63) is 68.5 Å². The number of rotatable bonds is 6. The molecule has 0 bridgehead atoms. The number of carbonyl (C=O) groups is 1. The average molecular weight is 397 g/mol. The van der Waals surface area contributed by atoms with E-state index in [1.807, 2.05) is 24.6 Å². The van der Waals surface area contributed by atoms with Gasteiger partial charge in [-0.15, -0.1) is 11.3 Å². The van der Waals surface area contributed by atoms with Crippen molar-refractivity contribution in [1.82, 2.24) is 20.4 Å². The zero-order valence-corrected chi connectivity index (χ0v) is 17.0. The average Bonchev–Trinajstić information content (AvgIpc) is 3.32. The summed E-state index contributed by atoms with van der Waals surface area (Å²) < 4.78 is 5.16. The highest BCUT2D eigenvalue weighted by Gasteiger charge is 2.24. The van der Waals surface area contributed by atoms with Gasteiger partial charge in [-0.25, -0.2) is 0 Å². The number of carbonyl (C=O) groups excluding carboxylic acids is 1. The van der Waals surface area contributed by atoms with Gasteiger partial charge in [0.1, 0.15) is 0 Å². The van der Waals surface area contributed by atoms with Crippen molar-refractivity contribution < 1.29 is 9.32 Å². The van der Waals surface area contributed by atoms with E-state index in [1.54, 1.807) is 11.3 Å². The Labute approximate surface area is 168 Å². The molecule has 0 saturated carbocycles. The van der Waals surface area contributed by atoms with Gasteiger partial charge < -0.3 is 9.84 Å². The van der Waals surface area contributed by atoms with Crippen LogP contribution in [0.4, 0.5) is 0 Å². The Morgan fingerprint density at radius 1 is 1.39 bits per heavy atom. The highest BCUT2D eigenvalue weighted by molar-refractivity contribution is 7.10. The maximum atomic E-state index is 12.6. The minimum Gasteiger partial charge on any atom is -0.359 e. The predicted octanol–water partition coefficient (Wildman–Crippen LogP) is 3.49. The van der Waals surface area contributed by atoms with Gasteiger partial charge in [0.05, 0.1) is 23.5 Å². The fourth-order valence-electron chi connectivity index (χ4n) is 3.46. The highest BCUT2D eigenvalue weighted by atomic mass is 32.1. The van der Waals surface area contributed by atoms with Gasteiger partial charge in [-0.05, 0) is 37.0 Å². The first-order valence-electron chi connectivity index (χ1n) is 9.58. The van der Waals surface area contributed by atoms with Gasteiger partial charge in [0, 0.05) is 42.2 Å². The van der Waals surface area contributed by atoms with E-state index in [4.69, 9.17) is 4.52 Å². The Kier molecular flexibility index (Phi) is 5.54. The van der Waals surface area contributed by atoms with E-state index in [1.165, 1.54) is 16.0 Å². The second-order valence-corrected chi connectivity index (χ2v) is 8.10. The molecule has 3 aromatic heterocycles. The van der Waals surface area contributed by atoms with Gasteiger partial charge in [0.25, 0.3) is 5.91 Å². The van der Waals surface area contributed by atoms with Crippen LogP contribution >= 0.6 is 11.3 Å². The molecule has 6 nitrogen and oxygen atoms in total. The van der Waals surface area contributed by atoms with Gasteiger partial charge >= 0.3 is 0 Å². The Morgan fingerprint density at radius 2 is 2.29 bits per heavy atom. The summed E-state index contributed by atoms with van der Waals surface area (Å²) in [4.78, 5) is 20.8. The van der Waals surface area contributed by atoms with E-state index in [2.05, 4.69) is 39.4 Å². The van der Waals surface area contributed by atoms with Crippen LogP contribution in [0.3, 0.4) is 0 Å². The fraction of sp³-hybridized carbons (Fsp3) is 0.381. The number of nitrogens with zero attached hydrogens (tertiary/aromatic N) is 3. The second kappa shape index (κ2) is 8.24. The lowest BCUT2D eigenvalue weighted by Gasteiger charge is -2.26. The predicted molar refractivity (Wildman–Crippen MR) is 108 cm³/mol. The van der Waals surface area contributed by atoms with Crippen molar-refractivity contribution in [2.24, 2.45) is 0 Å². The van der Waals surface area contributed by atoms with Crippen LogP contribution in [0.1, 0.15) is 50.4 Å². The maximum absolute atomic E-state index is 12.6. The van der Waals surface area contributed by atoms with Crippen molar-refractivity contribution >= 4 is 17.2 Å². The van der Waals surface area contributed by atoms with Crippen LogP contribution in [0.25, 0.3) is 0 Å². The molecule has 0 fully saturated rings. The zero-order valence-electron chi connectivity index (χ0n) is 16.2. The maximum Gasteiger partial charge on any atom is 0.252 e. The number of aromatic nitrogens is 2. The largest absolute Gasteiger partial charge is 0.359 e. The molecular weight excluding hydrogens is 372 g/mol. The van der Waals surface area contributed by atoms with E-state index in [9.17, 15) is 4.79 Å². The molecule has 0 unspecified atom stereocenters. The van der Waals surface area contributed by atoms with E-state index >= 15 is 0 Å². The standard InChI is InChI=1S/C21H24N4O2S/c1-3-15-4-5-16(22-9-15)11-25-7-6-18-19(13-28-20(18)12-25)21(26)23-10-17-8-14(2)24-27-17/h4-5,8-9,13H,3,6-7,10-12H2,1-2H3,(H,23,26). The Balaban J connectivity index is 1.37. The van der Waals surface area contributed by atoms with E-state index in [0.29, 0.717) is 12.3 Å². The summed E-state index contributed by atoms with van der Waals surface area (Å²) in [6.45, 7) is 7.00. The third kappa shape index (κ3) is 4.15. The molecule has 7 heteroatoms. The molecule has 0 aliphatic carbocycles. The number of hydrogen-bond donors (Lipinski definition) is 1. The molecule has 28 heavy (non-hydrogen) atoms. The molecule has 1 amide bonds. The van der Waals surface area contributed by atoms with Gasteiger partial charge in [0.2, 0.25) is 0 Å². The van der Waals surface area contributed by atoms with Crippen LogP contribution in [-0.4, -0.2) is 27.5 Å². The zero-order chi connectivity index (χ0) is 19.5. The highest BCUT2D eigenvalue weighted by Crippen LogP contribution is 2.29. The van der Waals surface area contributed by atoms with Crippen molar-refractivity contribution in [3.8, 4) is 0 Å². The van der Waals surface area contributed by atoms with E-state index in [0.717, 1.165) is 49.4 Å². The van der Waals surface area contributed by atoms with Gasteiger partial charge in [-0.1, -0.05) is 18.1 Å². The molecule has 0 atom stereocenters. The molecule has 0 saturated heterocycles. The topological polar surface area (TPSA) is 71.3 Å². The minimum absolute atomic E-state index is 0.0446. The summed E-state index contributed by atoms with van der Waals surface area (Å²) >= 11 is 1.67. The lowest BCUT2D eigenvalue weighted by Crippen LogP contribution is -2.31. The Hall–Kier alpha value is -2.51. The molecule has 3 aromatic rings. The van der Waals surface area contributed by atoms with Crippen molar-refractivity contribution in [3.63, 3.8) is 0 Å². The molecule has 4 heterocycles. The van der Waals surface area contributed by atoms with Crippen LogP contribution in [0.15, 0.2) is 34.3 Å². The van der Waals surface area contributed by atoms with Gasteiger partial charge in [-0.3, -0.25) is 14.7 Å². The Morgan fingerprint density at radius 3 is 3.00 bits per heavy atom. The lowest BCUT2D eigenvalue weighted by molar-refractivity contribution is 0.0945. The third-order valence-corrected chi connectivity index (χ3v) is 6.06. The first kappa shape index (κ1) is 18.8. The molecule has 0 radical (unpaired) electrons. The van der Waals surface area contributed by atoms with E-state index < -0.39 is 0 Å². The summed E-state index contributed by atoms with van der Waals surface area (Å²) in [5.41, 5.74) is 5.15. The van der Waals surface area contributed by atoms with Crippen LogP contribution in [-0.2, 0) is 32.5 Å². The first-order chi connectivity index (χ1) is 13.6. The van der Waals surface area contributed by atoms with Crippen LogP contribution in [0.5, 0.6) is 0 Å². The van der Waals surface area contributed by atoms with Gasteiger partial charge in [-0.2, -0.15) is 0 Å². The molecule has 146 valence electrons. The summed E-state index contributed by atoms with van der Waals surface area (Å²) in [7, 11) is 0. The van der Waals surface area contributed by atoms with Crippen LogP contribution in [0, 0.1) is 6.92 Å². The minimum atomic E-state index is -0.0446. The SMILES string of the molecule is CCc1ccc(CN2CCc3c(C(=O)NCc4cc(C)no4)csc3C2)nc1. The number of amides is 1. The number of fused-ring (bicyclic) bond motifs is 1. The second-order valence-electron chi connectivity index (χ2n) is 7.14. The quantitative estimate of drug-likeness (QED) is 0.691. The molecule has 0 aromatic carbocycles. The smallest absolute Gasteiger partial charge is 0.252 e. The number of nitrogens with one attached hydrogen (secondary N) is 1. The molecular formula is C21H24N4O2S. The number of aryl methyl sites for hydroxylation is 2. The van der Waals surface area contributed by atoms with Crippen molar-refractivity contribution in [1.29, 1.82) is 0 Å². The molecule has 0 spiro atoms. The first-order valence-corrected chi connectivity index (χ1v) is 10.5. The summed E-state index contributed by atoms with van der Waals surface area (Å²) in [5, 5.41) is 8.76. The molecule has 1 aliphatic rings. The molecule has 1 aliphatic heterocycles. The number of thiophene rings is 1. The molecule has 4 rings (SSSR count). The fourth-order valence-corrected chi connectivity index (χ4v) is 4.58. The van der Waals surface area contributed by atoms with Crippen molar-refractivity contribution in [2.45, 2.75) is 46.3 Å². The summed E-state index contributed by atoms with van der Waals surface area (Å²) in [6, 6.07) is 6.11. The van der Waals surface area contributed by atoms with Crippen molar-refractivity contribution in [2.75, 3.05) is 6.54 Å². The van der Waals surface area contributed by atoms with E-state index in [-0.39, 0.29) is 5.91 Å². The summed E-state index contributed by atoms with van der Waals surface area (Å²) in [5.74, 6) is 0.625. The van der Waals surface area contributed by atoms with Crippen LogP contribution in [0.2, 0.25) is 0 Å². The monoisotopic (exact) mass is 396 g/mol. The summed E-state index contributed by atoms with van der Waals surface area (Å²) in [6.07, 6.45) is 3.86.